The molecule has 0 bridgehead atoms. The summed E-state index contributed by atoms with van der Waals surface area (Å²) in [5, 5.41) is 17.5. The van der Waals surface area contributed by atoms with Crippen molar-refractivity contribution in [2.24, 2.45) is 7.05 Å². The Morgan fingerprint density at radius 1 is 1.23 bits per heavy atom. The summed E-state index contributed by atoms with van der Waals surface area (Å²) in [4.78, 5) is 16.7. The fourth-order valence-electron chi connectivity index (χ4n) is 3.51. The maximum Gasteiger partial charge on any atom is 0.236 e. The average Bonchev–Trinajstić information content (AvgIpc) is 3.16. The van der Waals surface area contributed by atoms with Crippen LogP contribution in [0.5, 0.6) is 0 Å². The molecule has 122 valence electrons. The van der Waals surface area contributed by atoms with E-state index in [1.165, 1.54) is 12.8 Å². The summed E-state index contributed by atoms with van der Waals surface area (Å²) < 4.78 is 1.86. The van der Waals surface area contributed by atoms with Crippen LogP contribution in [0.15, 0.2) is 0 Å². The van der Waals surface area contributed by atoms with Crippen LogP contribution in [0, 0.1) is 0 Å². The topological polar surface area (TPSA) is 74.5 Å². The SMILES string of the molecule is Cn1c(CO)nnc1[C@@H]1CCCN(C(=O)CN2CCCC2)C1. The van der Waals surface area contributed by atoms with Crippen LogP contribution in [0.3, 0.4) is 0 Å². The molecule has 2 aliphatic rings. The Balaban J connectivity index is 1.63. The second-order valence-electron chi connectivity index (χ2n) is 6.35. The molecule has 22 heavy (non-hydrogen) atoms. The standard InChI is InChI=1S/C15H25N5O2/c1-18-13(11-21)16-17-15(18)12-5-4-8-20(9-12)14(22)10-19-6-2-3-7-19/h12,21H,2-11H2,1H3/t12-/m1/s1. The predicted octanol–water partition coefficient (Wildman–Crippen LogP) is 0.109. The Labute approximate surface area is 130 Å². The highest BCUT2D eigenvalue weighted by Crippen LogP contribution is 2.26. The van der Waals surface area contributed by atoms with Gasteiger partial charge in [0.05, 0.1) is 6.54 Å². The summed E-state index contributed by atoms with van der Waals surface area (Å²) in [5.41, 5.74) is 0. The van der Waals surface area contributed by atoms with Crippen LogP contribution in [0.4, 0.5) is 0 Å². The Morgan fingerprint density at radius 3 is 2.68 bits per heavy atom. The van der Waals surface area contributed by atoms with Crippen molar-refractivity contribution in [3.05, 3.63) is 11.6 Å². The molecule has 1 N–H and O–H groups in total. The normalized spacial score (nSPS) is 23.2. The number of carbonyl (C=O) groups is 1. The Bertz CT molecular complexity index is 524. The van der Waals surface area contributed by atoms with Gasteiger partial charge in [0, 0.05) is 26.1 Å². The first-order chi connectivity index (χ1) is 10.7. The highest BCUT2D eigenvalue weighted by Gasteiger charge is 2.29. The zero-order valence-electron chi connectivity index (χ0n) is 13.2. The van der Waals surface area contributed by atoms with Gasteiger partial charge in [-0.05, 0) is 38.8 Å². The molecule has 2 aliphatic heterocycles. The van der Waals surface area contributed by atoms with Crippen LogP contribution in [0.25, 0.3) is 0 Å². The summed E-state index contributed by atoms with van der Waals surface area (Å²) in [5.74, 6) is 1.91. The molecular formula is C15H25N5O2. The number of nitrogens with zero attached hydrogens (tertiary/aromatic N) is 5. The predicted molar refractivity (Wildman–Crippen MR) is 81.2 cm³/mol. The maximum atomic E-state index is 12.5. The first-order valence-electron chi connectivity index (χ1n) is 8.18. The molecule has 1 aromatic rings. The number of piperidine rings is 1. The second kappa shape index (κ2) is 6.75. The molecule has 1 amide bonds. The van der Waals surface area contributed by atoms with Gasteiger partial charge >= 0.3 is 0 Å². The Kier molecular flexibility index (Phi) is 4.73. The summed E-state index contributed by atoms with van der Waals surface area (Å²) in [6.07, 6.45) is 4.43. The first-order valence-corrected chi connectivity index (χ1v) is 8.18. The van der Waals surface area contributed by atoms with Gasteiger partial charge in [-0.1, -0.05) is 0 Å². The van der Waals surface area contributed by atoms with Crippen LogP contribution in [-0.4, -0.2) is 68.3 Å². The van der Waals surface area contributed by atoms with Crippen molar-refractivity contribution in [1.82, 2.24) is 24.6 Å². The van der Waals surface area contributed by atoms with Crippen molar-refractivity contribution in [2.45, 2.75) is 38.2 Å². The summed E-state index contributed by atoms with van der Waals surface area (Å²) >= 11 is 0. The van der Waals surface area contributed by atoms with E-state index in [0.29, 0.717) is 18.9 Å². The highest BCUT2D eigenvalue weighted by molar-refractivity contribution is 5.78. The molecule has 2 saturated heterocycles. The van der Waals surface area contributed by atoms with E-state index in [-0.39, 0.29) is 18.4 Å². The van der Waals surface area contributed by atoms with Gasteiger partial charge in [-0.3, -0.25) is 9.69 Å². The summed E-state index contributed by atoms with van der Waals surface area (Å²) in [7, 11) is 1.88. The van der Waals surface area contributed by atoms with Gasteiger partial charge in [-0.25, -0.2) is 0 Å². The van der Waals surface area contributed by atoms with Gasteiger partial charge < -0.3 is 14.6 Å². The van der Waals surface area contributed by atoms with Crippen LogP contribution in [-0.2, 0) is 18.4 Å². The van der Waals surface area contributed by atoms with Crippen molar-refractivity contribution >= 4 is 5.91 Å². The van der Waals surface area contributed by atoms with Crippen molar-refractivity contribution < 1.29 is 9.90 Å². The van der Waals surface area contributed by atoms with Gasteiger partial charge in [-0.15, -0.1) is 10.2 Å². The molecule has 0 unspecified atom stereocenters. The van der Waals surface area contributed by atoms with E-state index < -0.39 is 0 Å². The number of likely N-dealkylation sites (tertiary alicyclic amines) is 2. The fourth-order valence-corrected chi connectivity index (χ4v) is 3.51. The molecule has 0 spiro atoms. The number of aliphatic hydroxyl groups is 1. The monoisotopic (exact) mass is 307 g/mol. The number of carbonyl (C=O) groups excluding carboxylic acids is 1. The third-order valence-corrected chi connectivity index (χ3v) is 4.84. The van der Waals surface area contributed by atoms with Crippen LogP contribution in [0.1, 0.15) is 43.3 Å². The molecule has 3 heterocycles. The maximum absolute atomic E-state index is 12.5. The molecule has 2 fully saturated rings. The van der Waals surface area contributed by atoms with Crippen LogP contribution in [0.2, 0.25) is 0 Å². The second-order valence-corrected chi connectivity index (χ2v) is 6.35. The zero-order valence-corrected chi connectivity index (χ0v) is 13.2. The molecular weight excluding hydrogens is 282 g/mol. The van der Waals surface area contributed by atoms with Crippen molar-refractivity contribution in [2.75, 3.05) is 32.7 Å². The van der Waals surface area contributed by atoms with E-state index in [1.807, 2.05) is 16.5 Å². The van der Waals surface area contributed by atoms with Crippen molar-refractivity contribution in [1.29, 1.82) is 0 Å². The molecule has 0 aromatic carbocycles. The number of aliphatic hydroxyl groups excluding tert-OH is 1. The Hall–Kier alpha value is -1.47. The molecule has 0 saturated carbocycles. The average molecular weight is 307 g/mol. The molecule has 0 aliphatic carbocycles. The quantitative estimate of drug-likeness (QED) is 0.854. The van der Waals surface area contributed by atoms with Gasteiger partial charge in [0.2, 0.25) is 5.91 Å². The first kappa shape index (κ1) is 15.4. The molecule has 0 radical (unpaired) electrons. The van der Waals surface area contributed by atoms with Gasteiger partial charge in [0.15, 0.2) is 5.82 Å². The number of amides is 1. The van der Waals surface area contributed by atoms with Crippen molar-refractivity contribution in [3.8, 4) is 0 Å². The minimum Gasteiger partial charge on any atom is -0.388 e. The molecule has 7 heteroatoms. The fraction of sp³-hybridized carbons (Fsp3) is 0.800. The number of hydrogen-bond acceptors (Lipinski definition) is 5. The number of hydrogen-bond donors (Lipinski definition) is 1. The number of aromatic nitrogens is 3. The molecule has 3 rings (SSSR count). The van der Waals surface area contributed by atoms with Crippen molar-refractivity contribution in [3.63, 3.8) is 0 Å². The number of rotatable bonds is 4. The zero-order chi connectivity index (χ0) is 15.5. The van der Waals surface area contributed by atoms with Gasteiger partial charge in [-0.2, -0.15) is 0 Å². The molecule has 7 nitrogen and oxygen atoms in total. The summed E-state index contributed by atoms with van der Waals surface area (Å²) in [6, 6.07) is 0. The minimum atomic E-state index is -0.103. The van der Waals surface area contributed by atoms with E-state index in [2.05, 4.69) is 15.1 Å². The van der Waals surface area contributed by atoms with E-state index in [0.717, 1.165) is 38.3 Å². The minimum absolute atomic E-state index is 0.103. The molecule has 1 atom stereocenters. The van der Waals surface area contributed by atoms with E-state index in [9.17, 15) is 9.90 Å². The smallest absolute Gasteiger partial charge is 0.236 e. The van der Waals surface area contributed by atoms with Gasteiger partial charge in [0.1, 0.15) is 12.4 Å². The lowest BCUT2D eigenvalue weighted by atomic mass is 9.97. The van der Waals surface area contributed by atoms with Gasteiger partial charge in [0.25, 0.3) is 0 Å². The third-order valence-electron chi connectivity index (χ3n) is 4.84. The largest absolute Gasteiger partial charge is 0.388 e. The molecule has 1 aromatic heterocycles. The van der Waals surface area contributed by atoms with E-state index in [4.69, 9.17) is 0 Å². The highest BCUT2D eigenvalue weighted by atomic mass is 16.3. The van der Waals surface area contributed by atoms with E-state index >= 15 is 0 Å². The lowest BCUT2D eigenvalue weighted by molar-refractivity contribution is -0.133. The van der Waals surface area contributed by atoms with Crippen LogP contribution >= 0.6 is 0 Å². The third kappa shape index (κ3) is 3.15. The van der Waals surface area contributed by atoms with Crippen LogP contribution < -0.4 is 0 Å². The van der Waals surface area contributed by atoms with E-state index in [1.54, 1.807) is 0 Å². The Morgan fingerprint density at radius 2 is 2.00 bits per heavy atom. The lowest BCUT2D eigenvalue weighted by Gasteiger charge is -2.33. The summed E-state index contributed by atoms with van der Waals surface area (Å²) in [6.45, 7) is 4.09. The lowest BCUT2D eigenvalue weighted by Crippen LogP contribution is -2.44.